The molecule has 2 saturated carbocycles. The molecular formula is C14H23NO4. The molecule has 2 aliphatic rings. The van der Waals surface area contributed by atoms with Crippen LogP contribution in [-0.2, 0) is 14.3 Å². The van der Waals surface area contributed by atoms with Crippen LogP contribution in [0.4, 0.5) is 0 Å². The number of carboxylic acid groups (broad SMARTS) is 1. The normalized spacial score (nSPS) is 28.1. The molecule has 0 saturated heterocycles. The van der Waals surface area contributed by atoms with Crippen molar-refractivity contribution >= 4 is 11.9 Å². The van der Waals surface area contributed by atoms with Crippen molar-refractivity contribution < 1.29 is 19.4 Å². The van der Waals surface area contributed by atoms with Gasteiger partial charge in [-0.1, -0.05) is 0 Å². The molecule has 0 heterocycles. The molecule has 5 heteroatoms. The summed E-state index contributed by atoms with van der Waals surface area (Å²) in [4.78, 5) is 22.9. The van der Waals surface area contributed by atoms with Crippen LogP contribution in [0.1, 0.15) is 38.5 Å². The van der Waals surface area contributed by atoms with Gasteiger partial charge in [0.1, 0.15) is 0 Å². The Bertz CT molecular complexity index is 351. The lowest BCUT2D eigenvalue weighted by Gasteiger charge is -2.17. The Kier molecular flexibility index (Phi) is 4.45. The zero-order chi connectivity index (χ0) is 13.9. The highest BCUT2D eigenvalue weighted by atomic mass is 16.5. The summed E-state index contributed by atoms with van der Waals surface area (Å²) in [7, 11) is 1.69. The molecule has 5 nitrogen and oxygen atoms in total. The molecule has 0 aromatic heterocycles. The van der Waals surface area contributed by atoms with Gasteiger partial charge in [0, 0.05) is 26.2 Å². The highest BCUT2D eigenvalue weighted by Gasteiger charge is 2.43. The van der Waals surface area contributed by atoms with Crippen molar-refractivity contribution in [1.29, 1.82) is 0 Å². The lowest BCUT2D eigenvalue weighted by molar-refractivity contribution is -0.141. The molecule has 0 aliphatic heterocycles. The number of carbonyl (C=O) groups is 2. The second kappa shape index (κ2) is 5.90. The lowest BCUT2D eigenvalue weighted by Crippen LogP contribution is -2.34. The van der Waals surface area contributed by atoms with Crippen molar-refractivity contribution in [3.63, 3.8) is 0 Å². The molecule has 19 heavy (non-hydrogen) atoms. The average Bonchev–Trinajstić information content (AvgIpc) is 2.97. The second-order valence-electron chi connectivity index (χ2n) is 6.01. The van der Waals surface area contributed by atoms with Crippen molar-refractivity contribution in [2.75, 3.05) is 20.3 Å². The minimum absolute atomic E-state index is 0.0347. The maximum Gasteiger partial charge on any atom is 0.306 e. The third kappa shape index (κ3) is 3.69. The number of rotatable bonds is 7. The van der Waals surface area contributed by atoms with Gasteiger partial charge in [-0.25, -0.2) is 0 Å². The third-order valence-corrected chi connectivity index (χ3v) is 4.58. The summed E-state index contributed by atoms with van der Waals surface area (Å²) in [6.07, 6.45) is 5.12. The Morgan fingerprint density at radius 1 is 1.32 bits per heavy atom. The van der Waals surface area contributed by atoms with Crippen LogP contribution in [0.3, 0.4) is 0 Å². The van der Waals surface area contributed by atoms with E-state index >= 15 is 0 Å². The Balaban J connectivity index is 1.72. The molecular weight excluding hydrogens is 246 g/mol. The number of carbonyl (C=O) groups excluding carboxylic acids is 1. The van der Waals surface area contributed by atoms with Gasteiger partial charge in [0.25, 0.3) is 0 Å². The topological polar surface area (TPSA) is 75.6 Å². The zero-order valence-electron chi connectivity index (χ0n) is 11.5. The number of aliphatic carboxylic acids is 1. The van der Waals surface area contributed by atoms with Gasteiger partial charge in [0.2, 0.25) is 5.91 Å². The fraction of sp³-hybridized carbons (Fsp3) is 0.857. The molecule has 0 unspecified atom stereocenters. The number of ether oxygens (including phenoxy) is 1. The fourth-order valence-corrected chi connectivity index (χ4v) is 2.87. The number of hydrogen-bond acceptors (Lipinski definition) is 3. The van der Waals surface area contributed by atoms with Gasteiger partial charge in [-0.2, -0.15) is 0 Å². The van der Waals surface area contributed by atoms with E-state index in [1.54, 1.807) is 7.11 Å². The van der Waals surface area contributed by atoms with Crippen LogP contribution in [0.2, 0.25) is 0 Å². The van der Waals surface area contributed by atoms with Gasteiger partial charge in [-0.05, 0) is 43.9 Å². The van der Waals surface area contributed by atoms with Crippen LogP contribution in [0.25, 0.3) is 0 Å². The van der Waals surface area contributed by atoms with Crippen LogP contribution < -0.4 is 5.32 Å². The van der Waals surface area contributed by atoms with Crippen LogP contribution in [0.5, 0.6) is 0 Å². The van der Waals surface area contributed by atoms with Gasteiger partial charge in [0.05, 0.1) is 5.92 Å². The SMILES string of the molecule is COCCC1(CNC(=O)[C@@H]2CC[C@H](C(=O)O)C2)CC1. The first-order valence-corrected chi connectivity index (χ1v) is 7.06. The van der Waals surface area contributed by atoms with Crippen LogP contribution in [0.15, 0.2) is 0 Å². The van der Waals surface area contributed by atoms with E-state index in [0.29, 0.717) is 25.8 Å². The number of hydrogen-bond donors (Lipinski definition) is 2. The molecule has 0 radical (unpaired) electrons. The maximum atomic E-state index is 12.0. The highest BCUT2D eigenvalue weighted by Crippen LogP contribution is 2.48. The number of amides is 1. The molecule has 2 N–H and O–H groups in total. The number of nitrogens with one attached hydrogen (secondary N) is 1. The summed E-state index contributed by atoms with van der Waals surface area (Å²) in [6, 6.07) is 0. The van der Waals surface area contributed by atoms with Gasteiger partial charge in [-0.15, -0.1) is 0 Å². The Hall–Kier alpha value is -1.10. The summed E-state index contributed by atoms with van der Waals surface area (Å²) >= 11 is 0. The van der Waals surface area contributed by atoms with Gasteiger partial charge in [-0.3, -0.25) is 9.59 Å². The fourth-order valence-electron chi connectivity index (χ4n) is 2.87. The summed E-state index contributed by atoms with van der Waals surface area (Å²) in [5.74, 6) is -1.18. The largest absolute Gasteiger partial charge is 0.481 e. The summed E-state index contributed by atoms with van der Waals surface area (Å²) < 4.78 is 5.09. The molecule has 0 aromatic rings. The van der Waals surface area contributed by atoms with Crippen LogP contribution >= 0.6 is 0 Å². The molecule has 0 aromatic carbocycles. The van der Waals surface area contributed by atoms with E-state index in [2.05, 4.69) is 5.32 Å². The second-order valence-corrected chi connectivity index (χ2v) is 6.01. The minimum atomic E-state index is -0.769. The first-order valence-electron chi connectivity index (χ1n) is 7.06. The first-order chi connectivity index (χ1) is 9.06. The Morgan fingerprint density at radius 2 is 2.00 bits per heavy atom. The van der Waals surface area contributed by atoms with E-state index in [1.165, 1.54) is 0 Å². The quantitative estimate of drug-likeness (QED) is 0.733. The molecule has 2 fully saturated rings. The molecule has 0 spiro atoms. The third-order valence-electron chi connectivity index (χ3n) is 4.58. The van der Waals surface area contributed by atoms with Gasteiger partial charge >= 0.3 is 5.97 Å². The van der Waals surface area contributed by atoms with Crippen molar-refractivity contribution in [3.05, 3.63) is 0 Å². The van der Waals surface area contributed by atoms with Gasteiger partial charge < -0.3 is 15.2 Å². The summed E-state index contributed by atoms with van der Waals surface area (Å²) in [6.45, 7) is 1.45. The highest BCUT2D eigenvalue weighted by molar-refractivity contribution is 5.80. The van der Waals surface area contributed by atoms with Crippen molar-refractivity contribution in [1.82, 2.24) is 5.32 Å². The van der Waals surface area contributed by atoms with E-state index in [-0.39, 0.29) is 23.2 Å². The van der Waals surface area contributed by atoms with E-state index in [9.17, 15) is 9.59 Å². The molecule has 2 aliphatic carbocycles. The predicted octanol–water partition coefficient (Wildman–Crippen LogP) is 1.42. The average molecular weight is 269 g/mol. The Morgan fingerprint density at radius 3 is 2.53 bits per heavy atom. The Labute approximate surface area is 113 Å². The monoisotopic (exact) mass is 269 g/mol. The van der Waals surface area contributed by atoms with Crippen molar-refractivity contribution in [2.45, 2.75) is 38.5 Å². The van der Waals surface area contributed by atoms with E-state index in [1.807, 2.05) is 0 Å². The van der Waals surface area contributed by atoms with Crippen molar-refractivity contribution in [3.8, 4) is 0 Å². The van der Waals surface area contributed by atoms with E-state index in [0.717, 1.165) is 25.9 Å². The summed E-state index contributed by atoms with van der Waals surface area (Å²) in [5, 5.41) is 11.9. The standard InChI is InChI=1S/C14H23NO4/c1-19-7-6-14(4-5-14)9-15-12(16)10-2-3-11(8-10)13(17)18/h10-11H,2-9H2,1H3,(H,15,16)(H,17,18)/t10-,11+/m1/s1. The lowest BCUT2D eigenvalue weighted by atomic mass is 10.0. The molecule has 2 rings (SSSR count). The van der Waals surface area contributed by atoms with E-state index < -0.39 is 5.97 Å². The smallest absolute Gasteiger partial charge is 0.306 e. The molecule has 108 valence electrons. The number of carboxylic acids is 1. The minimum Gasteiger partial charge on any atom is -0.481 e. The van der Waals surface area contributed by atoms with Crippen LogP contribution in [-0.4, -0.2) is 37.2 Å². The molecule has 1 amide bonds. The van der Waals surface area contributed by atoms with E-state index in [4.69, 9.17) is 9.84 Å². The first kappa shape index (κ1) is 14.3. The molecule has 2 atom stereocenters. The number of methoxy groups -OCH3 is 1. The molecule has 0 bridgehead atoms. The van der Waals surface area contributed by atoms with Gasteiger partial charge in [0.15, 0.2) is 0 Å². The van der Waals surface area contributed by atoms with Crippen LogP contribution in [0, 0.1) is 17.3 Å². The zero-order valence-corrected chi connectivity index (χ0v) is 11.5. The predicted molar refractivity (Wildman–Crippen MR) is 69.6 cm³/mol. The van der Waals surface area contributed by atoms with Crippen molar-refractivity contribution in [2.24, 2.45) is 17.3 Å². The summed E-state index contributed by atoms with van der Waals surface area (Å²) in [5.41, 5.74) is 0.247. The maximum absolute atomic E-state index is 12.0.